The van der Waals surface area contributed by atoms with Crippen LogP contribution in [0, 0.1) is 5.82 Å². The molecule has 2 aromatic carbocycles. The molecule has 1 fully saturated rings. The van der Waals surface area contributed by atoms with Gasteiger partial charge in [0.25, 0.3) is 0 Å². The largest absolute Gasteiger partial charge is 0.490 e. The van der Waals surface area contributed by atoms with Crippen molar-refractivity contribution in [2.75, 3.05) is 13.1 Å². The minimum absolute atomic E-state index is 0.102. The van der Waals surface area contributed by atoms with Gasteiger partial charge in [0.15, 0.2) is 0 Å². The number of halogens is 1. The predicted octanol–water partition coefficient (Wildman–Crippen LogP) is 3.06. The smallest absolute Gasteiger partial charge is 0.127 e. The van der Waals surface area contributed by atoms with E-state index in [-0.39, 0.29) is 17.3 Å². The van der Waals surface area contributed by atoms with Crippen molar-refractivity contribution in [1.82, 2.24) is 5.32 Å². The quantitative estimate of drug-likeness (QED) is 0.935. The van der Waals surface area contributed by atoms with E-state index in [1.165, 1.54) is 5.56 Å². The molecule has 21 heavy (non-hydrogen) atoms. The van der Waals surface area contributed by atoms with Crippen LogP contribution < -0.4 is 10.1 Å². The van der Waals surface area contributed by atoms with E-state index in [4.69, 9.17) is 4.74 Å². The van der Waals surface area contributed by atoms with Crippen LogP contribution in [-0.4, -0.2) is 19.2 Å². The summed E-state index contributed by atoms with van der Waals surface area (Å²) in [6.45, 7) is 1.65. The third-order valence-corrected chi connectivity index (χ3v) is 4.70. The van der Waals surface area contributed by atoms with Crippen molar-refractivity contribution in [3.63, 3.8) is 0 Å². The summed E-state index contributed by atoms with van der Waals surface area (Å²) in [6, 6.07) is 15.3. The average molecular weight is 283 g/mol. The molecule has 0 radical (unpaired) electrons. The predicted molar refractivity (Wildman–Crippen MR) is 80.1 cm³/mol. The second-order valence-electron chi connectivity index (χ2n) is 6.12. The molecule has 0 aliphatic carbocycles. The summed E-state index contributed by atoms with van der Waals surface area (Å²) < 4.78 is 20.2. The van der Waals surface area contributed by atoms with Gasteiger partial charge in [0, 0.05) is 24.9 Å². The van der Waals surface area contributed by atoms with Gasteiger partial charge in [-0.1, -0.05) is 36.4 Å². The van der Waals surface area contributed by atoms with Crippen molar-refractivity contribution in [2.24, 2.45) is 0 Å². The number of hydrogen-bond acceptors (Lipinski definition) is 2. The Kier molecular flexibility index (Phi) is 2.96. The van der Waals surface area contributed by atoms with Crippen LogP contribution in [0.15, 0.2) is 48.5 Å². The fourth-order valence-electron chi connectivity index (χ4n) is 3.57. The van der Waals surface area contributed by atoms with Crippen LogP contribution in [0.5, 0.6) is 5.75 Å². The Morgan fingerprint density at radius 3 is 2.57 bits per heavy atom. The van der Waals surface area contributed by atoms with Crippen molar-refractivity contribution in [2.45, 2.75) is 24.4 Å². The molecule has 0 saturated carbocycles. The van der Waals surface area contributed by atoms with Gasteiger partial charge < -0.3 is 10.1 Å². The summed E-state index contributed by atoms with van der Waals surface area (Å²) >= 11 is 0. The molecule has 1 unspecified atom stereocenters. The topological polar surface area (TPSA) is 21.3 Å². The summed E-state index contributed by atoms with van der Waals surface area (Å²) in [5, 5.41) is 3.30. The third-order valence-electron chi connectivity index (χ3n) is 4.70. The lowest BCUT2D eigenvalue weighted by molar-refractivity contribution is 0.140. The summed E-state index contributed by atoms with van der Waals surface area (Å²) in [7, 11) is 0. The number of fused-ring (bicyclic) bond motifs is 1. The fourth-order valence-corrected chi connectivity index (χ4v) is 3.57. The average Bonchev–Trinajstić information content (AvgIpc) is 2.86. The highest BCUT2D eigenvalue weighted by Gasteiger charge is 2.43. The monoisotopic (exact) mass is 283 g/mol. The molecule has 0 spiro atoms. The van der Waals surface area contributed by atoms with E-state index in [1.807, 2.05) is 30.3 Å². The SMILES string of the molecule is Fc1ccccc1C1(CC2Cc3ccccc3O2)CNC1. The first-order valence-electron chi connectivity index (χ1n) is 7.47. The molecule has 108 valence electrons. The number of nitrogens with one attached hydrogen (secondary N) is 1. The Hall–Kier alpha value is -1.87. The zero-order valence-corrected chi connectivity index (χ0v) is 11.8. The Balaban J connectivity index is 1.58. The fraction of sp³-hybridized carbons (Fsp3) is 0.333. The molecular weight excluding hydrogens is 265 g/mol. The van der Waals surface area contributed by atoms with Crippen LogP contribution in [0.3, 0.4) is 0 Å². The third kappa shape index (κ3) is 2.12. The number of ether oxygens (including phenoxy) is 1. The van der Waals surface area contributed by atoms with Gasteiger partial charge in [0.1, 0.15) is 17.7 Å². The minimum Gasteiger partial charge on any atom is -0.490 e. The van der Waals surface area contributed by atoms with E-state index < -0.39 is 0 Å². The number of para-hydroxylation sites is 1. The molecule has 2 heterocycles. The lowest BCUT2D eigenvalue weighted by atomic mass is 9.70. The standard InChI is InChI=1S/C18H18FNO/c19-16-7-3-2-6-15(16)18(11-20-12-18)10-14-9-13-5-1-4-8-17(13)21-14/h1-8,14,20H,9-12H2. The summed E-state index contributed by atoms with van der Waals surface area (Å²) in [4.78, 5) is 0. The molecule has 0 amide bonds. The summed E-state index contributed by atoms with van der Waals surface area (Å²) in [5.74, 6) is 0.882. The summed E-state index contributed by atoms with van der Waals surface area (Å²) in [5.41, 5.74) is 1.96. The molecule has 2 aliphatic heterocycles. The minimum atomic E-state index is -0.127. The highest BCUT2D eigenvalue weighted by Crippen LogP contribution is 2.39. The normalized spacial score (nSPS) is 22.2. The summed E-state index contributed by atoms with van der Waals surface area (Å²) in [6.07, 6.45) is 1.92. The van der Waals surface area contributed by atoms with E-state index in [2.05, 4.69) is 11.4 Å². The zero-order valence-electron chi connectivity index (χ0n) is 11.8. The van der Waals surface area contributed by atoms with Crippen molar-refractivity contribution in [3.8, 4) is 5.75 Å². The maximum atomic E-state index is 14.2. The Bertz CT molecular complexity index is 641. The van der Waals surface area contributed by atoms with Gasteiger partial charge in [-0.25, -0.2) is 4.39 Å². The Labute approximate surface area is 123 Å². The highest BCUT2D eigenvalue weighted by atomic mass is 19.1. The van der Waals surface area contributed by atoms with Gasteiger partial charge in [-0.2, -0.15) is 0 Å². The van der Waals surface area contributed by atoms with Gasteiger partial charge in [-0.15, -0.1) is 0 Å². The molecule has 2 nitrogen and oxygen atoms in total. The Morgan fingerprint density at radius 1 is 1.10 bits per heavy atom. The van der Waals surface area contributed by atoms with Crippen LogP contribution in [0.25, 0.3) is 0 Å². The zero-order chi connectivity index (χ0) is 14.3. The molecule has 4 rings (SSSR count). The first-order chi connectivity index (χ1) is 10.3. The molecule has 1 N–H and O–H groups in total. The first-order valence-corrected chi connectivity index (χ1v) is 7.47. The van der Waals surface area contributed by atoms with Gasteiger partial charge in [0.05, 0.1) is 0 Å². The molecule has 3 heteroatoms. The molecule has 0 bridgehead atoms. The molecule has 1 saturated heterocycles. The maximum absolute atomic E-state index is 14.2. The second kappa shape index (κ2) is 4.85. The van der Waals surface area contributed by atoms with Crippen LogP contribution in [0.1, 0.15) is 17.5 Å². The highest BCUT2D eigenvalue weighted by molar-refractivity contribution is 5.38. The number of benzene rings is 2. The molecule has 1 atom stereocenters. The van der Waals surface area contributed by atoms with Gasteiger partial charge in [-0.3, -0.25) is 0 Å². The molecular formula is C18H18FNO. The van der Waals surface area contributed by atoms with Crippen LogP contribution >= 0.6 is 0 Å². The van der Waals surface area contributed by atoms with Crippen molar-refractivity contribution in [3.05, 3.63) is 65.5 Å². The molecule has 2 aromatic rings. The van der Waals surface area contributed by atoms with Crippen molar-refractivity contribution < 1.29 is 9.13 Å². The van der Waals surface area contributed by atoms with Gasteiger partial charge in [-0.05, 0) is 29.7 Å². The lowest BCUT2D eigenvalue weighted by Crippen LogP contribution is -2.58. The second-order valence-corrected chi connectivity index (χ2v) is 6.12. The molecule has 2 aliphatic rings. The lowest BCUT2D eigenvalue weighted by Gasteiger charge is -2.44. The maximum Gasteiger partial charge on any atom is 0.127 e. The van der Waals surface area contributed by atoms with Gasteiger partial charge >= 0.3 is 0 Å². The van der Waals surface area contributed by atoms with Crippen molar-refractivity contribution >= 4 is 0 Å². The Morgan fingerprint density at radius 2 is 1.86 bits per heavy atom. The number of hydrogen-bond donors (Lipinski definition) is 1. The van der Waals surface area contributed by atoms with Crippen LogP contribution in [-0.2, 0) is 11.8 Å². The van der Waals surface area contributed by atoms with Crippen LogP contribution in [0.2, 0.25) is 0 Å². The van der Waals surface area contributed by atoms with Crippen LogP contribution in [0.4, 0.5) is 4.39 Å². The number of rotatable bonds is 3. The van der Waals surface area contributed by atoms with E-state index >= 15 is 0 Å². The van der Waals surface area contributed by atoms with E-state index in [9.17, 15) is 4.39 Å². The van der Waals surface area contributed by atoms with E-state index in [1.54, 1.807) is 12.1 Å². The molecule has 0 aromatic heterocycles. The van der Waals surface area contributed by atoms with E-state index in [0.717, 1.165) is 37.2 Å². The van der Waals surface area contributed by atoms with Crippen molar-refractivity contribution in [1.29, 1.82) is 0 Å². The van der Waals surface area contributed by atoms with E-state index in [0.29, 0.717) is 0 Å². The van der Waals surface area contributed by atoms with Gasteiger partial charge in [0.2, 0.25) is 0 Å². The first kappa shape index (κ1) is 12.8.